The van der Waals surface area contributed by atoms with Crippen LogP contribution in [0.5, 0.6) is 0 Å². The topological polar surface area (TPSA) is 29.3 Å². The van der Waals surface area contributed by atoms with Gasteiger partial charge in [0.25, 0.3) is 0 Å². The molecule has 2 N–H and O–H groups in total. The molecule has 0 heterocycles. The van der Waals surface area contributed by atoms with Crippen molar-refractivity contribution in [1.29, 1.82) is 0 Å². The lowest BCUT2D eigenvalue weighted by atomic mass is 9.99. The van der Waals surface area contributed by atoms with Crippen LogP contribution in [0.3, 0.4) is 0 Å². The first-order valence-electron chi connectivity index (χ1n) is 7.46. The van der Waals surface area contributed by atoms with Gasteiger partial charge in [-0.25, -0.2) is 0 Å². The average Bonchev–Trinajstić information content (AvgIpc) is 2.45. The first-order valence-corrected chi connectivity index (χ1v) is 8.21. The van der Waals surface area contributed by atoms with Crippen LogP contribution in [0.25, 0.3) is 0 Å². The van der Waals surface area contributed by atoms with Crippen LogP contribution in [-0.2, 0) is 0 Å². The molecule has 4 heteroatoms. The summed E-state index contributed by atoms with van der Waals surface area (Å²) in [6.07, 6.45) is 2.39. The number of nitrogens with two attached hydrogens (primary N) is 1. The van der Waals surface area contributed by atoms with Crippen LogP contribution in [0, 0.1) is 5.92 Å². The molecule has 0 aliphatic carbocycles. The minimum absolute atomic E-state index is 0.158. The molecule has 0 saturated carbocycles. The summed E-state index contributed by atoms with van der Waals surface area (Å²) in [7, 11) is 0. The number of hydrogen-bond donors (Lipinski definition) is 1. The van der Waals surface area contributed by atoms with Crippen molar-refractivity contribution < 1.29 is 0 Å². The first kappa shape index (κ1) is 17.8. The van der Waals surface area contributed by atoms with E-state index in [1.54, 1.807) is 6.07 Å². The molecule has 1 aromatic carbocycles. The molecule has 114 valence electrons. The molecule has 0 saturated heterocycles. The van der Waals surface area contributed by atoms with Gasteiger partial charge in [-0.2, -0.15) is 0 Å². The summed E-state index contributed by atoms with van der Waals surface area (Å²) < 4.78 is 0. The molecule has 1 aromatic rings. The van der Waals surface area contributed by atoms with Gasteiger partial charge in [-0.15, -0.1) is 0 Å². The van der Waals surface area contributed by atoms with Crippen LogP contribution in [0.1, 0.15) is 45.2 Å². The molecular weight excluding hydrogens is 291 g/mol. The van der Waals surface area contributed by atoms with E-state index in [0.717, 1.165) is 18.7 Å². The Bertz CT molecular complexity index is 405. The van der Waals surface area contributed by atoms with Gasteiger partial charge >= 0.3 is 0 Å². The molecule has 1 unspecified atom stereocenters. The number of rotatable bonds is 8. The maximum absolute atomic E-state index is 6.34. The molecule has 1 rings (SSSR count). The average molecular weight is 317 g/mol. The van der Waals surface area contributed by atoms with Crippen LogP contribution in [-0.4, -0.2) is 24.5 Å². The number of halogens is 2. The van der Waals surface area contributed by atoms with Crippen LogP contribution in [0.15, 0.2) is 18.2 Å². The molecule has 20 heavy (non-hydrogen) atoms. The van der Waals surface area contributed by atoms with E-state index in [-0.39, 0.29) is 6.04 Å². The number of hydrogen-bond acceptors (Lipinski definition) is 2. The molecule has 2 nitrogen and oxygen atoms in total. The minimum Gasteiger partial charge on any atom is -0.329 e. The van der Waals surface area contributed by atoms with Crippen molar-refractivity contribution in [2.45, 2.75) is 39.7 Å². The summed E-state index contributed by atoms with van der Waals surface area (Å²) in [5.41, 5.74) is 7.09. The highest BCUT2D eigenvalue weighted by molar-refractivity contribution is 6.35. The van der Waals surface area contributed by atoms with Gasteiger partial charge in [-0.05, 0) is 30.2 Å². The van der Waals surface area contributed by atoms with Crippen molar-refractivity contribution in [3.8, 4) is 0 Å². The molecule has 1 atom stereocenters. The van der Waals surface area contributed by atoms with E-state index < -0.39 is 0 Å². The Hall–Kier alpha value is -0.280. The standard InChI is InChI=1S/C16H26Cl2N2/c1-4-12(5-2)11-20(6-3)16(10-19)14-8-7-13(17)9-15(14)18/h7-9,12,16H,4-6,10-11,19H2,1-3H3. The zero-order valence-corrected chi connectivity index (χ0v) is 14.2. The molecule has 0 radical (unpaired) electrons. The molecule has 0 aliphatic rings. The van der Waals surface area contributed by atoms with E-state index in [9.17, 15) is 0 Å². The van der Waals surface area contributed by atoms with Crippen LogP contribution < -0.4 is 5.73 Å². The zero-order valence-electron chi connectivity index (χ0n) is 12.7. The fraction of sp³-hybridized carbons (Fsp3) is 0.625. The molecule has 0 spiro atoms. The van der Waals surface area contributed by atoms with Crippen molar-refractivity contribution in [2.24, 2.45) is 11.7 Å². The highest BCUT2D eigenvalue weighted by Crippen LogP contribution is 2.30. The van der Waals surface area contributed by atoms with Crippen molar-refractivity contribution >= 4 is 23.2 Å². The highest BCUT2D eigenvalue weighted by atomic mass is 35.5. The Morgan fingerprint density at radius 3 is 2.25 bits per heavy atom. The lowest BCUT2D eigenvalue weighted by molar-refractivity contribution is 0.174. The SMILES string of the molecule is CCC(CC)CN(CC)C(CN)c1ccc(Cl)cc1Cl. The fourth-order valence-electron chi connectivity index (χ4n) is 2.60. The molecular formula is C16H26Cl2N2. The molecule has 0 aromatic heterocycles. The van der Waals surface area contributed by atoms with Crippen molar-refractivity contribution in [3.05, 3.63) is 33.8 Å². The summed E-state index contributed by atoms with van der Waals surface area (Å²) in [6.45, 7) is 9.26. The zero-order chi connectivity index (χ0) is 15.1. The van der Waals surface area contributed by atoms with Crippen molar-refractivity contribution in [2.75, 3.05) is 19.6 Å². The van der Waals surface area contributed by atoms with Gasteiger partial charge in [0.2, 0.25) is 0 Å². The molecule has 0 aliphatic heterocycles. The Morgan fingerprint density at radius 2 is 1.80 bits per heavy atom. The second-order valence-corrected chi connectivity index (χ2v) is 6.03. The molecule has 0 amide bonds. The third-order valence-corrected chi connectivity index (χ3v) is 4.60. The Kier molecular flexibility index (Phi) is 7.90. The van der Waals surface area contributed by atoms with E-state index in [4.69, 9.17) is 28.9 Å². The fourth-order valence-corrected chi connectivity index (χ4v) is 3.13. The second-order valence-electron chi connectivity index (χ2n) is 5.19. The predicted octanol–water partition coefficient (Wildman–Crippen LogP) is 4.75. The third kappa shape index (κ3) is 4.63. The van der Waals surface area contributed by atoms with E-state index in [1.807, 2.05) is 12.1 Å². The van der Waals surface area contributed by atoms with Gasteiger partial charge in [0.1, 0.15) is 0 Å². The van der Waals surface area contributed by atoms with Gasteiger partial charge in [-0.3, -0.25) is 4.90 Å². The van der Waals surface area contributed by atoms with Crippen molar-refractivity contribution in [3.63, 3.8) is 0 Å². The van der Waals surface area contributed by atoms with Crippen molar-refractivity contribution in [1.82, 2.24) is 4.90 Å². The Balaban J connectivity index is 2.96. The van der Waals surface area contributed by atoms with E-state index in [1.165, 1.54) is 12.8 Å². The van der Waals surface area contributed by atoms with E-state index in [0.29, 0.717) is 22.5 Å². The largest absolute Gasteiger partial charge is 0.329 e. The van der Waals surface area contributed by atoms with Gasteiger partial charge in [0, 0.05) is 29.2 Å². The Morgan fingerprint density at radius 1 is 1.15 bits per heavy atom. The predicted molar refractivity (Wildman–Crippen MR) is 89.6 cm³/mol. The van der Waals surface area contributed by atoms with E-state index in [2.05, 4.69) is 25.7 Å². The number of benzene rings is 1. The Labute approximate surface area is 133 Å². The lowest BCUT2D eigenvalue weighted by Crippen LogP contribution is -2.37. The van der Waals surface area contributed by atoms with Gasteiger partial charge in [0.15, 0.2) is 0 Å². The van der Waals surface area contributed by atoms with Gasteiger partial charge < -0.3 is 5.73 Å². The maximum atomic E-state index is 6.34. The quantitative estimate of drug-likeness (QED) is 0.749. The summed E-state index contributed by atoms with van der Waals surface area (Å²) >= 11 is 12.3. The highest BCUT2D eigenvalue weighted by Gasteiger charge is 2.22. The molecule has 0 bridgehead atoms. The van der Waals surface area contributed by atoms with Crippen LogP contribution in [0.4, 0.5) is 0 Å². The summed E-state index contributed by atoms with van der Waals surface area (Å²) in [6, 6.07) is 5.84. The summed E-state index contributed by atoms with van der Waals surface area (Å²) in [5, 5.41) is 1.37. The minimum atomic E-state index is 0.158. The second kappa shape index (κ2) is 8.89. The summed E-state index contributed by atoms with van der Waals surface area (Å²) in [5.74, 6) is 0.704. The number of likely N-dealkylation sites (N-methyl/N-ethyl adjacent to an activating group) is 1. The van der Waals surface area contributed by atoms with Gasteiger partial charge in [0.05, 0.1) is 0 Å². The monoisotopic (exact) mass is 316 g/mol. The summed E-state index contributed by atoms with van der Waals surface area (Å²) in [4.78, 5) is 2.42. The smallest absolute Gasteiger partial charge is 0.0485 e. The number of nitrogens with zero attached hydrogens (tertiary/aromatic N) is 1. The van der Waals surface area contributed by atoms with Crippen LogP contribution in [0.2, 0.25) is 10.0 Å². The van der Waals surface area contributed by atoms with Crippen LogP contribution >= 0.6 is 23.2 Å². The first-order chi connectivity index (χ1) is 9.57. The third-order valence-electron chi connectivity index (χ3n) is 4.04. The van der Waals surface area contributed by atoms with E-state index >= 15 is 0 Å². The molecule has 0 fully saturated rings. The normalized spacial score (nSPS) is 13.2. The maximum Gasteiger partial charge on any atom is 0.0485 e. The lowest BCUT2D eigenvalue weighted by Gasteiger charge is -2.33. The van der Waals surface area contributed by atoms with Gasteiger partial charge in [-0.1, -0.05) is 62.9 Å².